The molecule has 0 spiro atoms. The highest BCUT2D eigenvalue weighted by Gasteiger charge is 2.22. The van der Waals surface area contributed by atoms with Gasteiger partial charge < -0.3 is 9.47 Å². The lowest BCUT2D eigenvalue weighted by atomic mass is 9.97. The molecule has 1 aromatic rings. The summed E-state index contributed by atoms with van der Waals surface area (Å²) in [6, 6.07) is 9.60. The van der Waals surface area contributed by atoms with Gasteiger partial charge >= 0.3 is 5.97 Å². The number of carbonyl (C=O) groups excluding carboxylic acids is 1. The Morgan fingerprint density at radius 1 is 1.12 bits per heavy atom. The van der Waals surface area contributed by atoms with E-state index in [2.05, 4.69) is 0 Å². The Hall–Kier alpha value is -1.51. The van der Waals surface area contributed by atoms with Gasteiger partial charge in [-0.1, -0.05) is 18.2 Å². The van der Waals surface area contributed by atoms with Gasteiger partial charge in [0.15, 0.2) is 0 Å². The van der Waals surface area contributed by atoms with Gasteiger partial charge in [-0.25, -0.2) is 0 Å². The molecule has 0 fully saturated rings. The van der Waals surface area contributed by atoms with Gasteiger partial charge in [0, 0.05) is 6.42 Å². The average Bonchev–Trinajstić information content (AvgIpc) is 2.28. The zero-order chi connectivity index (χ0) is 12.7. The summed E-state index contributed by atoms with van der Waals surface area (Å²) in [5.74, 6) is 0.673. The fourth-order valence-electron chi connectivity index (χ4n) is 1.15. The molecule has 0 unspecified atom stereocenters. The van der Waals surface area contributed by atoms with Crippen molar-refractivity contribution in [3.05, 3.63) is 30.3 Å². The van der Waals surface area contributed by atoms with Gasteiger partial charge in [0.25, 0.3) is 0 Å². The molecule has 17 heavy (non-hydrogen) atoms. The van der Waals surface area contributed by atoms with E-state index in [1.165, 1.54) is 0 Å². The summed E-state index contributed by atoms with van der Waals surface area (Å²) in [5, 5.41) is 0. The topological polar surface area (TPSA) is 35.5 Å². The molecule has 0 radical (unpaired) electrons. The van der Waals surface area contributed by atoms with Crippen LogP contribution in [0.15, 0.2) is 30.3 Å². The van der Waals surface area contributed by atoms with Crippen LogP contribution in [0.1, 0.15) is 27.2 Å². The van der Waals surface area contributed by atoms with E-state index in [-0.39, 0.29) is 5.97 Å². The third kappa shape index (κ3) is 5.38. The number of rotatable bonds is 5. The molecule has 0 atom stereocenters. The first-order chi connectivity index (χ1) is 8.00. The molecule has 0 heterocycles. The summed E-state index contributed by atoms with van der Waals surface area (Å²) < 4.78 is 10.6. The second-order valence-electron chi connectivity index (χ2n) is 4.90. The third-order valence-corrected chi connectivity index (χ3v) is 2.15. The molecule has 3 heteroatoms. The molecule has 0 N–H and O–H groups in total. The quantitative estimate of drug-likeness (QED) is 0.582. The molecule has 3 nitrogen and oxygen atoms in total. The van der Waals surface area contributed by atoms with Crippen LogP contribution >= 0.6 is 0 Å². The van der Waals surface area contributed by atoms with Crippen molar-refractivity contribution in [1.82, 2.24) is 0 Å². The first kappa shape index (κ1) is 13.6. The summed E-state index contributed by atoms with van der Waals surface area (Å²) in [4.78, 5) is 11.4. The van der Waals surface area contributed by atoms with Crippen LogP contribution in [0.4, 0.5) is 0 Å². The Kier molecular flexibility index (Phi) is 5.01. The van der Waals surface area contributed by atoms with Crippen LogP contribution in [0.25, 0.3) is 0 Å². The van der Waals surface area contributed by atoms with Crippen LogP contribution in [0.3, 0.4) is 0 Å². The summed E-state index contributed by atoms with van der Waals surface area (Å²) in [6.07, 6.45) is 0.705. The predicted molar refractivity (Wildman–Crippen MR) is 67.0 cm³/mol. The highest BCUT2D eigenvalue weighted by molar-refractivity contribution is 5.75. The molecule has 1 rings (SSSR count). The number of para-hydroxylation sites is 1. The number of benzene rings is 1. The second kappa shape index (κ2) is 6.28. The van der Waals surface area contributed by atoms with Crippen LogP contribution in [-0.4, -0.2) is 19.2 Å². The number of ether oxygens (including phenoxy) is 2. The Morgan fingerprint density at radius 3 is 2.35 bits per heavy atom. The zero-order valence-electron chi connectivity index (χ0n) is 10.7. The van der Waals surface area contributed by atoms with E-state index in [9.17, 15) is 4.79 Å². The molecule has 0 saturated heterocycles. The van der Waals surface area contributed by atoms with Gasteiger partial charge in [-0.05, 0) is 32.9 Å². The fourth-order valence-corrected chi connectivity index (χ4v) is 1.15. The molecule has 0 saturated carbocycles. The van der Waals surface area contributed by atoms with Crippen molar-refractivity contribution < 1.29 is 14.3 Å². The van der Waals surface area contributed by atoms with Crippen molar-refractivity contribution >= 4 is 5.97 Å². The van der Waals surface area contributed by atoms with E-state index >= 15 is 0 Å². The van der Waals surface area contributed by atoms with Gasteiger partial charge in [0.1, 0.15) is 5.75 Å². The molecular formula is C14H20O3. The van der Waals surface area contributed by atoms with E-state index in [4.69, 9.17) is 9.47 Å². The van der Waals surface area contributed by atoms with Gasteiger partial charge in [-0.3, -0.25) is 4.79 Å². The minimum atomic E-state index is -0.430. The lowest BCUT2D eigenvalue weighted by Crippen LogP contribution is -2.23. The van der Waals surface area contributed by atoms with Crippen molar-refractivity contribution in [2.45, 2.75) is 27.2 Å². The largest absolute Gasteiger partial charge is 0.493 e. The standard InChI is InChI=1S/C14H20O3/c1-14(2,3)13(15)17-11-7-10-16-12-8-5-4-6-9-12/h4-6,8-9H,7,10-11H2,1-3H3. The summed E-state index contributed by atoms with van der Waals surface area (Å²) >= 11 is 0. The SMILES string of the molecule is CC(C)(C)C(=O)OCCCOc1ccccc1. The number of esters is 1. The lowest BCUT2D eigenvalue weighted by molar-refractivity contribution is -0.153. The van der Waals surface area contributed by atoms with Crippen LogP contribution in [0.2, 0.25) is 0 Å². The van der Waals surface area contributed by atoms with Crippen molar-refractivity contribution in [3.8, 4) is 5.75 Å². The van der Waals surface area contributed by atoms with Crippen LogP contribution in [-0.2, 0) is 9.53 Å². The number of carbonyl (C=O) groups is 1. The van der Waals surface area contributed by atoms with E-state index in [0.717, 1.165) is 5.75 Å². The van der Waals surface area contributed by atoms with E-state index in [0.29, 0.717) is 19.6 Å². The minimum Gasteiger partial charge on any atom is -0.493 e. The Morgan fingerprint density at radius 2 is 1.76 bits per heavy atom. The average molecular weight is 236 g/mol. The molecule has 0 aliphatic heterocycles. The third-order valence-electron chi connectivity index (χ3n) is 2.15. The lowest BCUT2D eigenvalue weighted by Gasteiger charge is -2.16. The molecule has 94 valence electrons. The maximum Gasteiger partial charge on any atom is 0.311 e. The maximum absolute atomic E-state index is 11.4. The Bertz CT molecular complexity index is 338. The second-order valence-corrected chi connectivity index (χ2v) is 4.90. The van der Waals surface area contributed by atoms with Crippen LogP contribution in [0, 0.1) is 5.41 Å². The van der Waals surface area contributed by atoms with Gasteiger partial charge in [-0.2, -0.15) is 0 Å². The maximum atomic E-state index is 11.4. The summed E-state index contributed by atoms with van der Waals surface area (Å²) in [7, 11) is 0. The highest BCUT2D eigenvalue weighted by Crippen LogP contribution is 2.15. The van der Waals surface area contributed by atoms with Crippen molar-refractivity contribution in [2.24, 2.45) is 5.41 Å². The van der Waals surface area contributed by atoms with Crippen LogP contribution in [0.5, 0.6) is 5.75 Å². The van der Waals surface area contributed by atoms with Gasteiger partial charge in [-0.15, -0.1) is 0 Å². The highest BCUT2D eigenvalue weighted by atomic mass is 16.5. The smallest absolute Gasteiger partial charge is 0.311 e. The van der Waals surface area contributed by atoms with E-state index < -0.39 is 5.41 Å². The fraction of sp³-hybridized carbons (Fsp3) is 0.500. The normalized spacial score (nSPS) is 11.0. The van der Waals surface area contributed by atoms with Crippen molar-refractivity contribution in [2.75, 3.05) is 13.2 Å². The monoisotopic (exact) mass is 236 g/mol. The van der Waals surface area contributed by atoms with E-state index in [1.807, 2.05) is 51.1 Å². The first-order valence-electron chi connectivity index (χ1n) is 5.85. The van der Waals surface area contributed by atoms with Crippen molar-refractivity contribution in [1.29, 1.82) is 0 Å². The van der Waals surface area contributed by atoms with E-state index in [1.54, 1.807) is 0 Å². The Balaban J connectivity index is 2.12. The van der Waals surface area contributed by atoms with Gasteiger partial charge in [0.05, 0.1) is 18.6 Å². The zero-order valence-corrected chi connectivity index (χ0v) is 10.7. The summed E-state index contributed by atoms with van der Waals surface area (Å²) in [6.45, 7) is 6.49. The molecule has 0 amide bonds. The molecule has 0 aromatic heterocycles. The number of hydrogen-bond donors (Lipinski definition) is 0. The molecule has 0 aliphatic rings. The van der Waals surface area contributed by atoms with Crippen LogP contribution < -0.4 is 4.74 Å². The summed E-state index contributed by atoms with van der Waals surface area (Å²) in [5.41, 5.74) is -0.430. The predicted octanol–water partition coefficient (Wildman–Crippen LogP) is 3.04. The minimum absolute atomic E-state index is 0.169. The molecule has 1 aromatic carbocycles. The first-order valence-corrected chi connectivity index (χ1v) is 5.85. The Labute approximate surface area is 103 Å². The number of hydrogen-bond acceptors (Lipinski definition) is 3. The van der Waals surface area contributed by atoms with Gasteiger partial charge in [0.2, 0.25) is 0 Å². The molecule has 0 aliphatic carbocycles. The molecule has 0 bridgehead atoms. The van der Waals surface area contributed by atoms with Crippen molar-refractivity contribution in [3.63, 3.8) is 0 Å². The molecular weight excluding hydrogens is 216 g/mol.